The van der Waals surface area contributed by atoms with Gasteiger partial charge in [-0.2, -0.15) is 13.2 Å². The number of benzene rings is 3. The Morgan fingerprint density at radius 2 is 1.68 bits per heavy atom. The summed E-state index contributed by atoms with van der Waals surface area (Å²) in [7, 11) is 6.00. The highest BCUT2D eigenvalue weighted by Crippen LogP contribution is 2.36. The highest BCUT2D eigenvalue weighted by atomic mass is 35.5. The van der Waals surface area contributed by atoms with Crippen LogP contribution in [0, 0.1) is 11.8 Å². The van der Waals surface area contributed by atoms with Crippen LogP contribution < -0.4 is 10.1 Å². The number of piperidine rings is 1. The van der Waals surface area contributed by atoms with E-state index in [2.05, 4.69) is 19.8 Å². The smallest absolute Gasteiger partial charge is 0.389 e. The van der Waals surface area contributed by atoms with Gasteiger partial charge in [-0.1, -0.05) is 48.3 Å². The van der Waals surface area contributed by atoms with Crippen LogP contribution in [0.4, 0.5) is 13.2 Å². The molecule has 3 aromatic carbocycles. The average molecular weight is 1000 g/mol. The Hall–Kier alpha value is -4.67. The number of esters is 1. The Labute approximate surface area is 414 Å². The number of aromatic nitrogens is 2. The predicted molar refractivity (Wildman–Crippen MR) is 262 cm³/mol. The molecule has 0 unspecified atom stereocenters. The topological polar surface area (TPSA) is 118 Å². The predicted octanol–water partition coefficient (Wildman–Crippen LogP) is 10.3. The fourth-order valence-electron chi connectivity index (χ4n) is 9.47. The zero-order valence-electron chi connectivity index (χ0n) is 41.2. The van der Waals surface area contributed by atoms with Crippen molar-refractivity contribution >= 4 is 41.0 Å². The van der Waals surface area contributed by atoms with Gasteiger partial charge in [-0.15, -0.1) is 0 Å². The zero-order valence-corrected chi connectivity index (χ0v) is 42.7. The van der Waals surface area contributed by atoms with Crippen LogP contribution in [0.3, 0.4) is 0 Å². The number of alkyl halides is 3. The van der Waals surface area contributed by atoms with Gasteiger partial charge in [-0.05, 0) is 153 Å². The van der Waals surface area contributed by atoms with Gasteiger partial charge in [0.15, 0.2) is 0 Å². The fraction of sp³-hybridized carbons (Fsp3) is 0.538. The third-order valence-electron chi connectivity index (χ3n) is 12.7. The molecule has 12 nitrogen and oxygen atoms in total. The summed E-state index contributed by atoms with van der Waals surface area (Å²) in [5.41, 5.74) is 0.781. The van der Waals surface area contributed by atoms with Gasteiger partial charge in [0.05, 0.1) is 30.6 Å². The van der Waals surface area contributed by atoms with Crippen molar-refractivity contribution in [3.8, 4) is 22.8 Å². The number of amides is 2. The number of carbonyl (C=O) groups is 3. The Kier molecular flexibility index (Phi) is 17.3. The molecule has 1 aromatic heterocycles. The van der Waals surface area contributed by atoms with Gasteiger partial charge < -0.3 is 33.9 Å². The third-order valence-corrected chi connectivity index (χ3v) is 13.1. The van der Waals surface area contributed by atoms with Gasteiger partial charge in [0.2, 0.25) is 11.8 Å². The van der Waals surface area contributed by atoms with Crippen LogP contribution in [0.15, 0.2) is 72.9 Å². The minimum atomic E-state index is -4.50. The first kappa shape index (κ1) is 53.7. The van der Waals surface area contributed by atoms with E-state index in [1.54, 1.807) is 58.9 Å². The number of likely N-dealkylation sites (tertiary alicyclic amines) is 1. The van der Waals surface area contributed by atoms with Crippen LogP contribution in [-0.2, 0) is 50.3 Å². The Bertz CT molecular complexity index is 2410. The van der Waals surface area contributed by atoms with E-state index in [1.807, 2.05) is 81.6 Å². The lowest BCUT2D eigenvalue weighted by Gasteiger charge is -2.45. The summed E-state index contributed by atoms with van der Waals surface area (Å²) in [6, 6.07) is 19.4. The van der Waals surface area contributed by atoms with E-state index in [9.17, 15) is 27.6 Å². The molecule has 2 saturated heterocycles. The summed E-state index contributed by atoms with van der Waals surface area (Å²) in [6.07, 6.45) is -1.88. The first-order chi connectivity index (χ1) is 32.3. The van der Waals surface area contributed by atoms with E-state index in [1.165, 1.54) is 4.90 Å². The number of hydrogen-bond donors (Lipinski definition) is 1. The standard InChI is InChI=1S/C52H67Cl2F3N6O6/c1-34(11-14-38-15-20-40(54)26-44(38)68-41-21-16-37(17-22-41)42-29-58-45(61(42)9)31-60(7)8)48(66)63-43(32-67-50(63,5)6)47(65)59-51(27-35-12-18-39(53)19-13-35)23-10-24-62(33-51)30-36(28-52(55,56)57)25-46(64)69-49(2,3)4/h12-13,15-22,26,29,34,36,43H,10-11,14,23-25,27-28,30-33H2,1-9H3,(H,59,65)/t34-,36+,43+,51-/m1/s1. The molecule has 0 bridgehead atoms. The highest BCUT2D eigenvalue weighted by molar-refractivity contribution is 6.31. The summed E-state index contributed by atoms with van der Waals surface area (Å²) in [4.78, 5) is 52.2. The van der Waals surface area contributed by atoms with Crippen molar-refractivity contribution in [2.75, 3.05) is 40.3 Å². The molecule has 1 N–H and O–H groups in total. The summed E-state index contributed by atoms with van der Waals surface area (Å²) in [5.74, 6) is -0.856. The number of nitrogens with zero attached hydrogens (tertiary/aromatic N) is 5. The molecule has 69 heavy (non-hydrogen) atoms. The summed E-state index contributed by atoms with van der Waals surface area (Å²) >= 11 is 12.7. The Morgan fingerprint density at radius 3 is 2.33 bits per heavy atom. The molecular weight excluding hydrogens is 933 g/mol. The van der Waals surface area contributed by atoms with Crippen molar-refractivity contribution in [3.05, 3.63) is 99.9 Å². The molecule has 6 rings (SSSR count). The maximum absolute atomic E-state index is 14.7. The zero-order chi connectivity index (χ0) is 50.5. The normalized spacial score (nSPS) is 19.6. The molecular formula is C52H67Cl2F3N6O6. The molecule has 0 aliphatic carbocycles. The van der Waals surface area contributed by atoms with E-state index < -0.39 is 65.6 Å². The lowest BCUT2D eigenvalue weighted by Crippen LogP contribution is -2.64. The minimum absolute atomic E-state index is 0.0321. The van der Waals surface area contributed by atoms with Gasteiger partial charge in [-0.3, -0.25) is 19.3 Å². The van der Waals surface area contributed by atoms with E-state index in [-0.39, 0.29) is 25.6 Å². The second-order valence-electron chi connectivity index (χ2n) is 20.5. The van der Waals surface area contributed by atoms with Crippen LogP contribution in [-0.4, -0.2) is 111 Å². The van der Waals surface area contributed by atoms with Crippen molar-refractivity contribution < 1.29 is 41.8 Å². The molecule has 4 atom stereocenters. The summed E-state index contributed by atoms with van der Waals surface area (Å²) < 4.78 is 61.8. The van der Waals surface area contributed by atoms with E-state index >= 15 is 0 Å². The number of hydrogen-bond acceptors (Lipinski definition) is 9. The van der Waals surface area contributed by atoms with Gasteiger partial charge in [0.25, 0.3) is 0 Å². The van der Waals surface area contributed by atoms with Crippen LogP contribution in [0.1, 0.15) is 90.6 Å². The highest BCUT2D eigenvalue weighted by Gasteiger charge is 2.50. The van der Waals surface area contributed by atoms with Crippen molar-refractivity contribution in [2.24, 2.45) is 18.9 Å². The van der Waals surface area contributed by atoms with Gasteiger partial charge in [-0.25, -0.2) is 4.98 Å². The molecule has 0 spiro atoms. The molecule has 17 heteroatoms. The maximum Gasteiger partial charge on any atom is 0.389 e. The first-order valence-corrected chi connectivity index (χ1v) is 24.3. The molecule has 376 valence electrons. The van der Waals surface area contributed by atoms with Crippen molar-refractivity contribution in [1.82, 2.24) is 29.6 Å². The summed E-state index contributed by atoms with van der Waals surface area (Å²) in [6.45, 7) is 11.7. The Morgan fingerprint density at radius 1 is 1.00 bits per heavy atom. The lowest BCUT2D eigenvalue weighted by molar-refractivity contribution is -0.162. The van der Waals surface area contributed by atoms with E-state index in [0.29, 0.717) is 66.7 Å². The summed E-state index contributed by atoms with van der Waals surface area (Å²) in [5, 5.41) is 4.34. The second kappa shape index (κ2) is 22.2. The molecule has 0 radical (unpaired) electrons. The number of nitrogens with one attached hydrogen (secondary N) is 1. The quantitative estimate of drug-likeness (QED) is 0.0973. The van der Waals surface area contributed by atoms with Crippen LogP contribution >= 0.6 is 23.2 Å². The molecule has 0 saturated carbocycles. The third kappa shape index (κ3) is 14.9. The number of imidazole rings is 1. The van der Waals surface area contributed by atoms with E-state index in [0.717, 1.165) is 28.2 Å². The maximum atomic E-state index is 14.7. The number of carbonyl (C=O) groups excluding carboxylic acids is 3. The van der Waals surface area contributed by atoms with Gasteiger partial charge >= 0.3 is 12.1 Å². The molecule has 4 aromatic rings. The Balaban J connectivity index is 1.16. The minimum Gasteiger partial charge on any atom is -0.460 e. The van der Waals surface area contributed by atoms with Crippen molar-refractivity contribution in [3.63, 3.8) is 0 Å². The first-order valence-electron chi connectivity index (χ1n) is 23.6. The monoisotopic (exact) mass is 998 g/mol. The van der Waals surface area contributed by atoms with Crippen molar-refractivity contribution in [1.29, 1.82) is 0 Å². The molecule has 2 aliphatic heterocycles. The van der Waals surface area contributed by atoms with Gasteiger partial charge in [0.1, 0.15) is 34.7 Å². The second-order valence-corrected chi connectivity index (χ2v) is 21.4. The van der Waals surface area contributed by atoms with Crippen LogP contribution in [0.2, 0.25) is 10.0 Å². The number of ether oxygens (including phenoxy) is 3. The molecule has 2 fully saturated rings. The van der Waals surface area contributed by atoms with E-state index in [4.69, 9.17) is 37.4 Å². The van der Waals surface area contributed by atoms with Crippen molar-refractivity contribution in [2.45, 2.75) is 122 Å². The number of aryl methyl sites for hydroxylation is 1. The SMILES string of the molecule is C[C@H](CCc1ccc(Cl)cc1Oc1ccc(-c2cnc(CN(C)C)n2C)cc1)C(=O)N1[C@H](C(=O)N[C@@]2(Cc3ccc(Cl)cc3)CCCN(C[C@@H](CC(=O)OC(C)(C)C)CC(F)(F)F)C2)COC1(C)C. The van der Waals surface area contributed by atoms with Gasteiger partial charge in [0, 0.05) is 54.5 Å². The molecule has 3 heterocycles. The number of halogens is 5. The molecule has 2 aliphatic rings. The van der Waals surface area contributed by atoms with Crippen LogP contribution in [0.25, 0.3) is 11.3 Å². The van der Waals surface area contributed by atoms with Crippen LogP contribution in [0.5, 0.6) is 11.5 Å². The fourth-order valence-corrected chi connectivity index (χ4v) is 9.76. The average Bonchev–Trinajstić information content (AvgIpc) is 3.76. The lowest BCUT2D eigenvalue weighted by atomic mass is 9.82. The largest absolute Gasteiger partial charge is 0.460 e. The molecule has 2 amide bonds. The number of rotatable bonds is 18.